The van der Waals surface area contributed by atoms with E-state index in [1.807, 2.05) is 54.8 Å². The maximum absolute atomic E-state index is 12.8. The molecule has 1 N–H and O–H groups in total. The Bertz CT molecular complexity index is 1090. The van der Waals surface area contributed by atoms with Crippen LogP contribution in [0.3, 0.4) is 0 Å². The second-order valence-corrected chi connectivity index (χ2v) is 8.27. The Balaban J connectivity index is 1.33. The molecule has 0 spiro atoms. The first-order chi connectivity index (χ1) is 15.5. The van der Waals surface area contributed by atoms with Gasteiger partial charge in [0.1, 0.15) is 11.6 Å². The number of aryl methyl sites for hydroxylation is 2. The van der Waals surface area contributed by atoms with Gasteiger partial charge in [0.25, 0.3) is 0 Å². The monoisotopic (exact) mass is 431 g/mol. The number of nitrogens with one attached hydrogen (secondary N) is 1. The third-order valence-corrected chi connectivity index (χ3v) is 5.91. The van der Waals surface area contributed by atoms with Crippen LogP contribution in [0.2, 0.25) is 0 Å². The zero-order chi connectivity index (χ0) is 22.5. The maximum atomic E-state index is 12.8. The standard InChI is InChI=1S/C24H29N7O/c1-17-21(18(2)30(3)29-17)9-10-24(32)31-12-6-7-19(16-31)13-20-14-27-23(15-26-20)28-22-8-4-5-11-25-22/h4-5,8-11,14-15,19H,6-7,12-13,16H2,1-3H3,(H,25,27,28)/b10-9+. The van der Waals surface area contributed by atoms with Gasteiger partial charge in [0.05, 0.1) is 23.8 Å². The maximum Gasteiger partial charge on any atom is 0.246 e. The first kappa shape index (κ1) is 21.7. The molecule has 8 nitrogen and oxygen atoms in total. The van der Waals surface area contributed by atoms with Crippen molar-refractivity contribution in [2.24, 2.45) is 13.0 Å². The van der Waals surface area contributed by atoms with Gasteiger partial charge in [0.15, 0.2) is 0 Å². The smallest absolute Gasteiger partial charge is 0.246 e. The molecule has 1 amide bonds. The van der Waals surface area contributed by atoms with E-state index in [1.54, 1.807) is 24.7 Å². The number of pyridine rings is 1. The van der Waals surface area contributed by atoms with Crippen molar-refractivity contribution in [3.63, 3.8) is 0 Å². The molecule has 0 saturated carbocycles. The van der Waals surface area contributed by atoms with Crippen molar-refractivity contribution in [1.29, 1.82) is 0 Å². The van der Waals surface area contributed by atoms with E-state index in [2.05, 4.69) is 25.4 Å². The topological polar surface area (TPSA) is 88.8 Å². The van der Waals surface area contributed by atoms with Gasteiger partial charge in [-0.2, -0.15) is 5.10 Å². The second kappa shape index (κ2) is 9.72. The fourth-order valence-electron chi connectivity index (χ4n) is 4.11. The van der Waals surface area contributed by atoms with E-state index >= 15 is 0 Å². The number of anilines is 2. The molecule has 1 aliphatic rings. The van der Waals surface area contributed by atoms with Crippen molar-refractivity contribution >= 4 is 23.6 Å². The first-order valence-electron chi connectivity index (χ1n) is 11.0. The molecule has 1 atom stereocenters. The van der Waals surface area contributed by atoms with Crippen molar-refractivity contribution in [3.05, 3.63) is 65.5 Å². The van der Waals surface area contributed by atoms with Crippen LogP contribution < -0.4 is 5.32 Å². The summed E-state index contributed by atoms with van der Waals surface area (Å²) >= 11 is 0. The minimum absolute atomic E-state index is 0.0540. The molecule has 0 aromatic carbocycles. The van der Waals surface area contributed by atoms with E-state index in [0.717, 1.165) is 60.8 Å². The Kier molecular flexibility index (Phi) is 6.58. The van der Waals surface area contributed by atoms with Gasteiger partial charge in [-0.3, -0.25) is 14.5 Å². The van der Waals surface area contributed by atoms with Crippen LogP contribution in [-0.2, 0) is 18.3 Å². The van der Waals surface area contributed by atoms with E-state index in [-0.39, 0.29) is 5.91 Å². The van der Waals surface area contributed by atoms with E-state index in [1.165, 1.54) is 0 Å². The predicted octanol–water partition coefficient (Wildman–Crippen LogP) is 3.46. The van der Waals surface area contributed by atoms with Crippen molar-refractivity contribution in [2.75, 3.05) is 18.4 Å². The molecule has 32 heavy (non-hydrogen) atoms. The summed E-state index contributed by atoms with van der Waals surface area (Å²) in [5.74, 6) is 1.84. The average Bonchev–Trinajstić information content (AvgIpc) is 3.05. The molecule has 4 rings (SSSR count). The highest BCUT2D eigenvalue weighted by atomic mass is 16.2. The van der Waals surface area contributed by atoms with Crippen LogP contribution in [0.5, 0.6) is 0 Å². The molecule has 8 heteroatoms. The van der Waals surface area contributed by atoms with Gasteiger partial charge in [-0.15, -0.1) is 0 Å². The summed E-state index contributed by atoms with van der Waals surface area (Å²) in [6, 6.07) is 5.67. The summed E-state index contributed by atoms with van der Waals surface area (Å²) in [5, 5.41) is 7.55. The highest BCUT2D eigenvalue weighted by Crippen LogP contribution is 2.21. The molecule has 0 bridgehead atoms. The zero-order valence-corrected chi connectivity index (χ0v) is 18.8. The average molecular weight is 432 g/mol. The lowest BCUT2D eigenvalue weighted by atomic mass is 9.93. The van der Waals surface area contributed by atoms with Crippen LogP contribution in [0, 0.1) is 19.8 Å². The van der Waals surface area contributed by atoms with E-state index < -0.39 is 0 Å². The highest BCUT2D eigenvalue weighted by Gasteiger charge is 2.23. The normalized spacial score (nSPS) is 16.5. The van der Waals surface area contributed by atoms with Gasteiger partial charge in [-0.25, -0.2) is 9.97 Å². The number of nitrogens with zero attached hydrogens (tertiary/aromatic N) is 6. The fourth-order valence-corrected chi connectivity index (χ4v) is 4.11. The summed E-state index contributed by atoms with van der Waals surface area (Å²) in [7, 11) is 1.92. The zero-order valence-electron chi connectivity index (χ0n) is 18.8. The molecule has 1 saturated heterocycles. The van der Waals surface area contributed by atoms with Gasteiger partial charge < -0.3 is 10.2 Å². The molecule has 1 aliphatic heterocycles. The van der Waals surface area contributed by atoms with Gasteiger partial charge in [0.2, 0.25) is 5.91 Å². The van der Waals surface area contributed by atoms with Crippen LogP contribution in [0.1, 0.15) is 35.5 Å². The number of aromatic nitrogens is 5. The summed E-state index contributed by atoms with van der Waals surface area (Å²) in [4.78, 5) is 28.0. The first-order valence-corrected chi connectivity index (χ1v) is 11.0. The minimum Gasteiger partial charge on any atom is -0.339 e. The molecule has 1 fully saturated rings. The Morgan fingerprint density at radius 1 is 1.19 bits per heavy atom. The third kappa shape index (κ3) is 5.19. The molecular formula is C24H29N7O. The lowest BCUT2D eigenvalue weighted by molar-refractivity contribution is -0.127. The lowest BCUT2D eigenvalue weighted by Gasteiger charge is -2.32. The predicted molar refractivity (Wildman–Crippen MR) is 124 cm³/mol. The molecule has 0 aliphatic carbocycles. The van der Waals surface area contributed by atoms with E-state index in [0.29, 0.717) is 11.7 Å². The lowest BCUT2D eigenvalue weighted by Crippen LogP contribution is -2.39. The number of hydrogen-bond donors (Lipinski definition) is 1. The van der Waals surface area contributed by atoms with Crippen LogP contribution in [0.25, 0.3) is 6.08 Å². The quantitative estimate of drug-likeness (QED) is 0.601. The van der Waals surface area contributed by atoms with Crippen LogP contribution in [-0.4, -0.2) is 48.6 Å². The van der Waals surface area contributed by atoms with Crippen molar-refractivity contribution < 1.29 is 4.79 Å². The largest absolute Gasteiger partial charge is 0.339 e. The molecule has 1 unspecified atom stereocenters. The molecule has 4 heterocycles. The summed E-state index contributed by atoms with van der Waals surface area (Å²) in [6.45, 7) is 5.51. The van der Waals surface area contributed by atoms with Crippen LogP contribution >= 0.6 is 0 Å². The number of carbonyl (C=O) groups is 1. The third-order valence-electron chi connectivity index (χ3n) is 5.91. The second-order valence-electron chi connectivity index (χ2n) is 8.27. The number of likely N-dealkylation sites (tertiary alicyclic amines) is 1. The molecular weight excluding hydrogens is 402 g/mol. The Morgan fingerprint density at radius 2 is 2.06 bits per heavy atom. The van der Waals surface area contributed by atoms with Crippen molar-refractivity contribution in [1.82, 2.24) is 29.6 Å². The number of amides is 1. The van der Waals surface area contributed by atoms with Crippen LogP contribution in [0.4, 0.5) is 11.6 Å². The summed E-state index contributed by atoms with van der Waals surface area (Å²) < 4.78 is 1.84. The van der Waals surface area contributed by atoms with E-state index in [4.69, 9.17) is 0 Å². The van der Waals surface area contributed by atoms with Gasteiger partial charge in [-0.05, 0) is 57.2 Å². The Morgan fingerprint density at radius 3 is 2.75 bits per heavy atom. The van der Waals surface area contributed by atoms with Crippen molar-refractivity contribution in [2.45, 2.75) is 33.1 Å². The minimum atomic E-state index is 0.0540. The molecule has 3 aromatic heterocycles. The Labute approximate surface area is 188 Å². The summed E-state index contributed by atoms with van der Waals surface area (Å²) in [6.07, 6.45) is 11.7. The number of piperidine rings is 1. The van der Waals surface area contributed by atoms with Gasteiger partial charge in [0, 0.05) is 43.7 Å². The summed E-state index contributed by atoms with van der Waals surface area (Å²) in [5.41, 5.74) is 3.95. The molecule has 0 radical (unpaired) electrons. The SMILES string of the molecule is Cc1nn(C)c(C)c1/C=C/C(=O)N1CCCC(Cc2cnc(Nc3ccccn3)cn2)C1. The van der Waals surface area contributed by atoms with Crippen molar-refractivity contribution in [3.8, 4) is 0 Å². The molecule has 166 valence electrons. The fraction of sp³-hybridized carbons (Fsp3) is 0.375. The number of hydrogen-bond acceptors (Lipinski definition) is 6. The molecule has 3 aromatic rings. The van der Waals surface area contributed by atoms with Gasteiger partial charge in [-0.1, -0.05) is 6.07 Å². The van der Waals surface area contributed by atoms with E-state index in [9.17, 15) is 4.79 Å². The van der Waals surface area contributed by atoms with Gasteiger partial charge >= 0.3 is 0 Å². The number of carbonyl (C=O) groups excluding carboxylic acids is 1. The van der Waals surface area contributed by atoms with Crippen LogP contribution in [0.15, 0.2) is 42.9 Å². The highest BCUT2D eigenvalue weighted by molar-refractivity contribution is 5.92. The Hall–Kier alpha value is -3.55. The number of rotatable bonds is 6.